The number of benzene rings is 2. The molecule has 1 aliphatic heterocycles. The van der Waals surface area contributed by atoms with Crippen molar-refractivity contribution in [3.05, 3.63) is 48.0 Å². The Morgan fingerprint density at radius 3 is 2.54 bits per heavy atom. The Morgan fingerprint density at radius 1 is 1.14 bits per heavy atom. The van der Waals surface area contributed by atoms with E-state index in [2.05, 4.69) is 5.32 Å². The van der Waals surface area contributed by atoms with E-state index in [4.69, 9.17) is 18.9 Å². The van der Waals surface area contributed by atoms with Crippen molar-refractivity contribution in [2.75, 3.05) is 14.2 Å². The third kappa shape index (κ3) is 4.32. The van der Waals surface area contributed by atoms with Crippen LogP contribution in [0.3, 0.4) is 0 Å². The molecule has 1 heterocycles. The Kier molecular flexibility index (Phi) is 5.68. The van der Waals surface area contributed by atoms with Crippen LogP contribution >= 0.6 is 0 Å². The molecule has 0 aromatic heterocycles. The summed E-state index contributed by atoms with van der Waals surface area (Å²) in [5, 5.41) is 3.10. The Bertz CT molecular complexity index is 849. The number of fused-ring (bicyclic) bond motifs is 1. The molecule has 2 aromatic rings. The van der Waals surface area contributed by atoms with Crippen LogP contribution in [0.2, 0.25) is 0 Å². The molecule has 0 fully saturated rings. The predicted molar refractivity (Wildman–Crippen MR) is 106 cm³/mol. The van der Waals surface area contributed by atoms with Crippen LogP contribution in [0.15, 0.2) is 42.5 Å². The number of carbonyl (C=O) groups excluding carboxylic acids is 1. The van der Waals surface area contributed by atoms with E-state index in [9.17, 15) is 4.79 Å². The predicted octanol–water partition coefficient (Wildman–Crippen LogP) is 3.89. The lowest BCUT2D eigenvalue weighted by Crippen LogP contribution is -2.44. The molecule has 6 nitrogen and oxygen atoms in total. The van der Waals surface area contributed by atoms with Crippen LogP contribution in [-0.4, -0.2) is 31.8 Å². The van der Waals surface area contributed by atoms with Gasteiger partial charge in [0, 0.05) is 12.0 Å². The number of hydrogen-bond donors (Lipinski definition) is 1. The number of para-hydroxylation sites is 2. The number of nitrogens with one attached hydrogen (secondary N) is 1. The molecule has 0 radical (unpaired) electrons. The van der Waals surface area contributed by atoms with Gasteiger partial charge in [-0.05, 0) is 51.1 Å². The highest BCUT2D eigenvalue weighted by atomic mass is 16.5. The van der Waals surface area contributed by atoms with E-state index in [1.807, 2.05) is 44.2 Å². The zero-order valence-corrected chi connectivity index (χ0v) is 16.9. The summed E-state index contributed by atoms with van der Waals surface area (Å²) in [5.41, 5.74) is 0.503. The van der Waals surface area contributed by atoms with Crippen molar-refractivity contribution >= 4 is 5.91 Å². The number of hydrogen-bond acceptors (Lipinski definition) is 5. The quantitative estimate of drug-likeness (QED) is 0.817. The van der Waals surface area contributed by atoms with Gasteiger partial charge in [0.15, 0.2) is 17.6 Å². The first kappa shape index (κ1) is 19.9. The minimum absolute atomic E-state index is 0.204. The van der Waals surface area contributed by atoms with Gasteiger partial charge in [-0.2, -0.15) is 0 Å². The number of amides is 1. The lowest BCUT2D eigenvalue weighted by Gasteiger charge is -2.38. The first-order valence-corrected chi connectivity index (χ1v) is 9.30. The lowest BCUT2D eigenvalue weighted by atomic mass is 9.89. The van der Waals surface area contributed by atoms with E-state index in [1.54, 1.807) is 33.3 Å². The summed E-state index contributed by atoms with van der Waals surface area (Å²) in [4.78, 5) is 12.8. The molecule has 150 valence electrons. The smallest absolute Gasteiger partial charge is 0.261 e. The fraction of sp³-hybridized carbons (Fsp3) is 0.409. The van der Waals surface area contributed by atoms with Crippen LogP contribution in [-0.2, 0) is 4.79 Å². The van der Waals surface area contributed by atoms with Crippen LogP contribution < -0.4 is 24.3 Å². The van der Waals surface area contributed by atoms with Gasteiger partial charge in [0.1, 0.15) is 17.1 Å². The average Bonchev–Trinajstić information content (AvgIpc) is 2.67. The second kappa shape index (κ2) is 8.00. The highest BCUT2D eigenvalue weighted by Gasteiger charge is 2.35. The number of ether oxygens (including phenoxy) is 4. The van der Waals surface area contributed by atoms with Crippen molar-refractivity contribution in [2.45, 2.75) is 44.9 Å². The molecule has 1 aliphatic rings. The third-order valence-electron chi connectivity index (χ3n) is 4.73. The SMILES string of the molecule is COc1ccc2c(c1)[C@H](NC(=O)[C@@H](C)Oc1ccccc1OC)CC(C)(C)O2. The zero-order chi connectivity index (χ0) is 20.3. The van der Waals surface area contributed by atoms with Gasteiger partial charge in [-0.3, -0.25) is 4.79 Å². The molecule has 2 aromatic carbocycles. The Morgan fingerprint density at radius 2 is 1.86 bits per heavy atom. The first-order valence-electron chi connectivity index (χ1n) is 9.30. The average molecular weight is 385 g/mol. The van der Waals surface area contributed by atoms with E-state index in [0.717, 1.165) is 17.1 Å². The fourth-order valence-corrected chi connectivity index (χ4v) is 3.34. The number of methoxy groups -OCH3 is 2. The van der Waals surface area contributed by atoms with Crippen molar-refractivity contribution in [2.24, 2.45) is 0 Å². The number of carbonyl (C=O) groups is 1. The summed E-state index contributed by atoms with van der Waals surface area (Å²) in [6.07, 6.45) is -0.0448. The summed E-state index contributed by atoms with van der Waals surface area (Å²) in [6, 6.07) is 12.7. The first-order chi connectivity index (χ1) is 13.3. The van der Waals surface area contributed by atoms with E-state index in [0.29, 0.717) is 17.9 Å². The van der Waals surface area contributed by atoms with Crippen molar-refractivity contribution in [1.82, 2.24) is 5.32 Å². The fourth-order valence-electron chi connectivity index (χ4n) is 3.34. The third-order valence-corrected chi connectivity index (χ3v) is 4.73. The van der Waals surface area contributed by atoms with Crippen LogP contribution in [0.1, 0.15) is 38.8 Å². The molecule has 28 heavy (non-hydrogen) atoms. The largest absolute Gasteiger partial charge is 0.497 e. The van der Waals surface area contributed by atoms with Gasteiger partial charge in [-0.15, -0.1) is 0 Å². The van der Waals surface area contributed by atoms with E-state index < -0.39 is 11.7 Å². The molecule has 0 unspecified atom stereocenters. The lowest BCUT2D eigenvalue weighted by molar-refractivity contribution is -0.128. The van der Waals surface area contributed by atoms with Crippen LogP contribution in [0.4, 0.5) is 0 Å². The Balaban J connectivity index is 1.77. The molecule has 0 aliphatic carbocycles. The standard InChI is InChI=1S/C22H27NO5/c1-14(27-20-9-7-6-8-19(20)26-5)21(24)23-17-13-22(2,3)28-18-11-10-15(25-4)12-16(17)18/h6-12,14,17H,13H2,1-5H3,(H,23,24)/t14-,17-/m1/s1. The topological polar surface area (TPSA) is 66.0 Å². The van der Waals surface area contributed by atoms with Crippen molar-refractivity contribution < 1.29 is 23.7 Å². The molecule has 0 saturated heterocycles. The molecular weight excluding hydrogens is 358 g/mol. The molecule has 2 atom stereocenters. The van der Waals surface area contributed by atoms with Crippen molar-refractivity contribution in [1.29, 1.82) is 0 Å². The second-order valence-corrected chi connectivity index (χ2v) is 7.44. The highest BCUT2D eigenvalue weighted by molar-refractivity contribution is 5.81. The van der Waals surface area contributed by atoms with Crippen LogP contribution in [0.25, 0.3) is 0 Å². The number of rotatable bonds is 6. The van der Waals surface area contributed by atoms with Gasteiger partial charge in [-0.25, -0.2) is 0 Å². The normalized spacial score (nSPS) is 18.2. The minimum Gasteiger partial charge on any atom is -0.497 e. The molecule has 1 amide bonds. The molecule has 6 heteroatoms. The van der Waals surface area contributed by atoms with Gasteiger partial charge in [0.2, 0.25) is 0 Å². The summed E-state index contributed by atoms with van der Waals surface area (Å²) in [7, 11) is 3.19. The molecule has 3 rings (SSSR count). The van der Waals surface area contributed by atoms with E-state index in [-0.39, 0.29) is 11.9 Å². The van der Waals surface area contributed by atoms with E-state index in [1.165, 1.54) is 0 Å². The molecule has 0 spiro atoms. The van der Waals surface area contributed by atoms with Crippen molar-refractivity contribution in [3.63, 3.8) is 0 Å². The van der Waals surface area contributed by atoms with Gasteiger partial charge in [0.25, 0.3) is 5.91 Å². The van der Waals surface area contributed by atoms with Crippen LogP contribution in [0, 0.1) is 0 Å². The highest BCUT2D eigenvalue weighted by Crippen LogP contribution is 2.41. The molecule has 0 saturated carbocycles. The summed E-state index contributed by atoms with van der Waals surface area (Å²) < 4.78 is 22.5. The van der Waals surface area contributed by atoms with Crippen LogP contribution in [0.5, 0.6) is 23.0 Å². The maximum absolute atomic E-state index is 12.8. The van der Waals surface area contributed by atoms with E-state index >= 15 is 0 Å². The molecule has 0 bridgehead atoms. The van der Waals surface area contributed by atoms with Gasteiger partial charge in [0.05, 0.1) is 20.3 Å². The monoisotopic (exact) mass is 385 g/mol. The summed E-state index contributed by atoms with van der Waals surface area (Å²) in [6.45, 7) is 5.74. The molecule has 1 N–H and O–H groups in total. The summed E-state index contributed by atoms with van der Waals surface area (Å²) >= 11 is 0. The zero-order valence-electron chi connectivity index (χ0n) is 16.9. The molecular formula is C22H27NO5. The summed E-state index contributed by atoms with van der Waals surface area (Å²) in [5.74, 6) is 2.38. The minimum atomic E-state index is -0.684. The van der Waals surface area contributed by atoms with Gasteiger partial charge >= 0.3 is 0 Å². The maximum Gasteiger partial charge on any atom is 0.261 e. The van der Waals surface area contributed by atoms with Gasteiger partial charge in [-0.1, -0.05) is 12.1 Å². The van der Waals surface area contributed by atoms with Crippen molar-refractivity contribution in [3.8, 4) is 23.0 Å². The second-order valence-electron chi connectivity index (χ2n) is 7.44. The maximum atomic E-state index is 12.8. The Labute approximate surface area is 165 Å². The van der Waals surface area contributed by atoms with Gasteiger partial charge < -0.3 is 24.3 Å². The Hall–Kier alpha value is -2.89.